The van der Waals surface area contributed by atoms with E-state index in [1.54, 1.807) is 24.9 Å². The van der Waals surface area contributed by atoms with Crippen LogP contribution in [0.5, 0.6) is 0 Å². The molecule has 0 radical (unpaired) electrons. The van der Waals surface area contributed by atoms with Crippen LogP contribution in [0.1, 0.15) is 15.9 Å². The summed E-state index contributed by atoms with van der Waals surface area (Å²) in [6, 6.07) is 17.1. The fourth-order valence-electron chi connectivity index (χ4n) is 2.42. The van der Waals surface area contributed by atoms with E-state index < -0.39 is 5.72 Å². The lowest BCUT2D eigenvalue weighted by molar-refractivity contribution is -0.0515. The third kappa shape index (κ3) is 2.01. The molecular formula is C16H15NO2S. The molecule has 1 atom stereocenters. The Hall–Kier alpha value is -1.78. The summed E-state index contributed by atoms with van der Waals surface area (Å²) in [6.45, 7) is 0. The monoisotopic (exact) mass is 285 g/mol. The Morgan fingerprint density at radius 1 is 1.10 bits per heavy atom. The van der Waals surface area contributed by atoms with E-state index in [1.807, 2.05) is 48.5 Å². The summed E-state index contributed by atoms with van der Waals surface area (Å²) in [5.41, 5.74) is 0.0378. The lowest BCUT2D eigenvalue weighted by atomic mass is 10.0. The fourth-order valence-corrected chi connectivity index (χ4v) is 3.49. The highest BCUT2D eigenvalue weighted by atomic mass is 32.2. The average molecular weight is 285 g/mol. The van der Waals surface area contributed by atoms with Crippen molar-refractivity contribution in [3.8, 4) is 0 Å². The number of carbonyl (C=O) groups is 1. The zero-order chi connectivity index (χ0) is 14.2. The maximum atomic E-state index is 12.2. The molecule has 1 aliphatic heterocycles. The van der Waals surface area contributed by atoms with Crippen molar-refractivity contribution in [2.45, 2.75) is 10.6 Å². The highest BCUT2D eigenvalue weighted by Gasteiger charge is 2.46. The van der Waals surface area contributed by atoms with Gasteiger partial charge in [-0.2, -0.15) is 0 Å². The summed E-state index contributed by atoms with van der Waals surface area (Å²) in [6.07, 6.45) is 0. The largest absolute Gasteiger partial charge is 0.366 e. The molecule has 20 heavy (non-hydrogen) atoms. The number of amides is 1. The van der Waals surface area contributed by atoms with Gasteiger partial charge >= 0.3 is 0 Å². The van der Waals surface area contributed by atoms with Gasteiger partial charge < -0.3 is 10.0 Å². The summed E-state index contributed by atoms with van der Waals surface area (Å²) in [7, 11) is 1.65. The molecule has 0 spiro atoms. The molecule has 0 fully saturated rings. The van der Waals surface area contributed by atoms with Crippen molar-refractivity contribution >= 4 is 17.7 Å². The second-order valence-electron chi connectivity index (χ2n) is 4.83. The molecule has 0 aliphatic carbocycles. The lowest BCUT2D eigenvalue weighted by Gasteiger charge is -2.31. The van der Waals surface area contributed by atoms with Crippen LogP contribution >= 0.6 is 11.8 Å². The quantitative estimate of drug-likeness (QED) is 0.882. The molecule has 0 aromatic heterocycles. The first-order chi connectivity index (χ1) is 9.63. The predicted octanol–water partition coefficient (Wildman–Crippen LogP) is 2.71. The Bertz CT molecular complexity index is 644. The zero-order valence-electron chi connectivity index (χ0n) is 11.1. The van der Waals surface area contributed by atoms with Gasteiger partial charge in [-0.3, -0.25) is 4.79 Å². The number of hydrogen-bond acceptors (Lipinski definition) is 3. The van der Waals surface area contributed by atoms with Crippen molar-refractivity contribution in [3.63, 3.8) is 0 Å². The molecule has 4 heteroatoms. The van der Waals surface area contributed by atoms with Gasteiger partial charge in [0.05, 0.1) is 5.75 Å². The number of hydrogen-bond donors (Lipinski definition) is 1. The summed E-state index contributed by atoms with van der Waals surface area (Å²) >= 11 is 1.54. The van der Waals surface area contributed by atoms with Crippen LogP contribution in [0.2, 0.25) is 0 Å². The standard InChI is InChI=1S/C16H15NO2S/c1-17-15(18)13-9-5-6-10-14(13)16(17,19)11-20-12-7-3-2-4-8-12/h2-10,19H,11H2,1H3. The van der Waals surface area contributed by atoms with E-state index in [-0.39, 0.29) is 5.91 Å². The van der Waals surface area contributed by atoms with Gasteiger partial charge in [0.2, 0.25) is 0 Å². The molecule has 2 aromatic carbocycles. The first kappa shape index (κ1) is 13.2. The van der Waals surface area contributed by atoms with Crippen LogP contribution in [0.25, 0.3) is 0 Å². The van der Waals surface area contributed by atoms with Crippen LogP contribution in [0, 0.1) is 0 Å². The van der Waals surface area contributed by atoms with Crippen molar-refractivity contribution in [2.24, 2.45) is 0 Å². The topological polar surface area (TPSA) is 40.5 Å². The maximum absolute atomic E-state index is 12.2. The number of benzene rings is 2. The van der Waals surface area contributed by atoms with Crippen molar-refractivity contribution in [1.29, 1.82) is 0 Å². The lowest BCUT2D eigenvalue weighted by Crippen LogP contribution is -2.43. The van der Waals surface area contributed by atoms with E-state index in [4.69, 9.17) is 0 Å². The molecule has 1 amide bonds. The van der Waals surface area contributed by atoms with Crippen molar-refractivity contribution in [1.82, 2.24) is 4.90 Å². The Balaban J connectivity index is 1.90. The molecule has 2 aromatic rings. The minimum atomic E-state index is -1.24. The molecule has 1 aliphatic rings. The molecule has 0 saturated heterocycles. The molecule has 0 bridgehead atoms. The van der Waals surface area contributed by atoms with E-state index in [0.717, 1.165) is 4.90 Å². The number of fused-ring (bicyclic) bond motifs is 1. The smallest absolute Gasteiger partial charge is 0.256 e. The Morgan fingerprint density at radius 3 is 2.50 bits per heavy atom. The number of carbonyl (C=O) groups excluding carboxylic acids is 1. The van der Waals surface area contributed by atoms with Crippen LogP contribution in [0.15, 0.2) is 59.5 Å². The summed E-state index contributed by atoms with van der Waals surface area (Å²) in [5.74, 6) is 0.285. The predicted molar refractivity (Wildman–Crippen MR) is 79.6 cm³/mol. The second kappa shape index (κ2) is 4.96. The number of nitrogens with zero attached hydrogens (tertiary/aromatic N) is 1. The molecule has 102 valence electrons. The van der Waals surface area contributed by atoms with Gasteiger partial charge in [0.25, 0.3) is 5.91 Å². The maximum Gasteiger partial charge on any atom is 0.256 e. The van der Waals surface area contributed by atoms with E-state index in [9.17, 15) is 9.90 Å². The first-order valence-corrected chi connectivity index (χ1v) is 7.39. The minimum absolute atomic E-state index is 0.128. The second-order valence-corrected chi connectivity index (χ2v) is 5.88. The van der Waals surface area contributed by atoms with E-state index in [1.165, 1.54) is 4.90 Å². The van der Waals surface area contributed by atoms with Gasteiger partial charge in [-0.1, -0.05) is 36.4 Å². The summed E-state index contributed by atoms with van der Waals surface area (Å²) < 4.78 is 0. The van der Waals surface area contributed by atoms with Crippen molar-refractivity contribution in [3.05, 3.63) is 65.7 Å². The van der Waals surface area contributed by atoms with Crippen LogP contribution in [-0.2, 0) is 5.72 Å². The number of thioether (sulfide) groups is 1. The third-order valence-corrected chi connectivity index (χ3v) is 4.78. The van der Waals surface area contributed by atoms with Gasteiger partial charge in [-0.05, 0) is 18.2 Å². The molecule has 3 rings (SSSR count). The van der Waals surface area contributed by atoms with E-state index in [0.29, 0.717) is 16.9 Å². The first-order valence-electron chi connectivity index (χ1n) is 6.41. The zero-order valence-corrected chi connectivity index (χ0v) is 11.9. The molecule has 0 saturated carbocycles. The van der Waals surface area contributed by atoms with Gasteiger partial charge in [-0.15, -0.1) is 11.8 Å². The van der Waals surface area contributed by atoms with E-state index in [2.05, 4.69) is 0 Å². The van der Waals surface area contributed by atoms with Gasteiger partial charge in [0.1, 0.15) is 0 Å². The third-order valence-electron chi connectivity index (χ3n) is 3.63. The van der Waals surface area contributed by atoms with Gasteiger partial charge in [-0.25, -0.2) is 0 Å². The fraction of sp³-hybridized carbons (Fsp3) is 0.188. The molecule has 3 nitrogen and oxygen atoms in total. The Kier molecular flexibility index (Phi) is 3.28. The molecule has 1 heterocycles. The number of rotatable bonds is 3. The van der Waals surface area contributed by atoms with Crippen LogP contribution in [0.4, 0.5) is 0 Å². The van der Waals surface area contributed by atoms with Gasteiger partial charge in [0.15, 0.2) is 5.72 Å². The number of aliphatic hydroxyl groups is 1. The SMILES string of the molecule is CN1C(=O)c2ccccc2C1(O)CSc1ccccc1. The highest BCUT2D eigenvalue weighted by molar-refractivity contribution is 7.99. The van der Waals surface area contributed by atoms with Crippen LogP contribution in [0.3, 0.4) is 0 Å². The summed E-state index contributed by atoms with van der Waals surface area (Å²) in [4.78, 5) is 14.7. The summed E-state index contributed by atoms with van der Waals surface area (Å²) in [5, 5.41) is 10.9. The van der Waals surface area contributed by atoms with Crippen LogP contribution < -0.4 is 0 Å². The van der Waals surface area contributed by atoms with Gasteiger partial charge in [0, 0.05) is 23.1 Å². The normalized spacial score (nSPS) is 21.1. The minimum Gasteiger partial charge on any atom is -0.366 e. The molecule has 1 N–H and O–H groups in total. The van der Waals surface area contributed by atoms with Crippen molar-refractivity contribution in [2.75, 3.05) is 12.8 Å². The Labute approximate surface area is 122 Å². The molecule has 1 unspecified atom stereocenters. The molecular weight excluding hydrogens is 270 g/mol. The van der Waals surface area contributed by atoms with Crippen LogP contribution in [-0.4, -0.2) is 28.7 Å². The highest BCUT2D eigenvalue weighted by Crippen LogP contribution is 2.39. The Morgan fingerprint density at radius 2 is 1.75 bits per heavy atom. The van der Waals surface area contributed by atoms with E-state index >= 15 is 0 Å². The average Bonchev–Trinajstić information content (AvgIpc) is 2.69. The van der Waals surface area contributed by atoms with Crippen molar-refractivity contribution < 1.29 is 9.90 Å².